The van der Waals surface area contributed by atoms with E-state index in [2.05, 4.69) is 20.6 Å². The van der Waals surface area contributed by atoms with Gasteiger partial charge in [-0.1, -0.05) is 13.8 Å². The molecule has 2 aromatic rings. The molecule has 0 saturated heterocycles. The smallest absolute Gasteiger partial charge is 0.271 e. The molecule has 1 amide bonds. The Balaban J connectivity index is 2.37. The van der Waals surface area contributed by atoms with E-state index in [1.165, 1.54) is 0 Å². The Hall–Kier alpha value is -2.44. The van der Waals surface area contributed by atoms with Crippen LogP contribution in [0.4, 0.5) is 5.69 Å². The molecule has 0 aliphatic rings. The summed E-state index contributed by atoms with van der Waals surface area (Å²) in [6.45, 7) is 6.43. The molecule has 0 aromatic carbocycles. The van der Waals surface area contributed by atoms with Gasteiger partial charge in [0.2, 0.25) is 0 Å². The highest BCUT2D eigenvalue weighted by Crippen LogP contribution is 2.21. The first kappa shape index (κ1) is 15.0. The Kier molecular flexibility index (Phi) is 4.52. The summed E-state index contributed by atoms with van der Waals surface area (Å²) in [7, 11) is 0. The lowest BCUT2D eigenvalue weighted by Gasteiger charge is -2.05. The summed E-state index contributed by atoms with van der Waals surface area (Å²) in [5.41, 5.74) is 8.83. The van der Waals surface area contributed by atoms with Crippen LogP contribution in [0, 0.1) is 0 Å². The zero-order valence-electron chi connectivity index (χ0n) is 12.6. The summed E-state index contributed by atoms with van der Waals surface area (Å²) < 4.78 is 1.70. The first-order chi connectivity index (χ1) is 10.1. The first-order valence-electron chi connectivity index (χ1n) is 7.10. The van der Waals surface area contributed by atoms with Crippen LogP contribution in [0.25, 0.3) is 5.82 Å². The lowest BCUT2D eigenvalue weighted by Crippen LogP contribution is -2.24. The van der Waals surface area contributed by atoms with Crippen molar-refractivity contribution in [3.63, 3.8) is 0 Å². The molecule has 3 N–H and O–H groups in total. The van der Waals surface area contributed by atoms with Gasteiger partial charge in [-0.05, 0) is 31.9 Å². The van der Waals surface area contributed by atoms with Gasteiger partial charge in [0.05, 0.1) is 17.1 Å². The van der Waals surface area contributed by atoms with Crippen LogP contribution in [0.15, 0.2) is 12.1 Å². The number of carbonyl (C=O) groups is 1. The van der Waals surface area contributed by atoms with E-state index in [9.17, 15) is 4.79 Å². The van der Waals surface area contributed by atoms with Gasteiger partial charge in [0.1, 0.15) is 0 Å². The highest BCUT2D eigenvalue weighted by Gasteiger charge is 2.15. The second-order valence-electron chi connectivity index (χ2n) is 4.56. The van der Waals surface area contributed by atoms with E-state index in [4.69, 9.17) is 5.73 Å². The molecule has 112 valence electrons. The Morgan fingerprint density at radius 1 is 1.24 bits per heavy atom. The summed E-state index contributed by atoms with van der Waals surface area (Å²) in [4.78, 5) is 11.7. The maximum atomic E-state index is 11.7. The fraction of sp³-hybridized carbons (Fsp3) is 0.429. The van der Waals surface area contributed by atoms with Crippen LogP contribution in [-0.4, -0.2) is 32.4 Å². The number of rotatable bonds is 5. The highest BCUT2D eigenvalue weighted by atomic mass is 16.1. The second kappa shape index (κ2) is 6.34. The number of hydrogen-bond acceptors (Lipinski definition) is 5. The quantitative estimate of drug-likeness (QED) is 0.859. The highest BCUT2D eigenvalue weighted by molar-refractivity contribution is 5.92. The number of nitrogens with one attached hydrogen (secondary N) is 1. The molecule has 0 aliphatic heterocycles. The van der Waals surface area contributed by atoms with Crippen LogP contribution < -0.4 is 11.1 Å². The fourth-order valence-corrected chi connectivity index (χ4v) is 2.12. The molecule has 2 rings (SSSR count). The third-order valence-corrected chi connectivity index (χ3v) is 3.21. The zero-order valence-corrected chi connectivity index (χ0v) is 12.6. The van der Waals surface area contributed by atoms with Gasteiger partial charge in [-0.25, -0.2) is 4.68 Å². The normalized spacial score (nSPS) is 10.6. The number of carbonyl (C=O) groups excluding carboxylic acids is 1. The molecule has 21 heavy (non-hydrogen) atoms. The maximum Gasteiger partial charge on any atom is 0.271 e. The Morgan fingerprint density at radius 3 is 2.52 bits per heavy atom. The van der Waals surface area contributed by atoms with Gasteiger partial charge >= 0.3 is 0 Å². The topological polar surface area (TPSA) is 98.7 Å². The van der Waals surface area contributed by atoms with Gasteiger partial charge in [-0.15, -0.1) is 10.2 Å². The number of nitrogens with zero attached hydrogens (tertiary/aromatic N) is 4. The van der Waals surface area contributed by atoms with Crippen molar-refractivity contribution in [2.24, 2.45) is 0 Å². The van der Waals surface area contributed by atoms with Gasteiger partial charge in [-0.2, -0.15) is 5.10 Å². The molecule has 2 aromatic heterocycles. The number of hydrogen-bond donors (Lipinski definition) is 2. The molecule has 2 heterocycles. The zero-order chi connectivity index (χ0) is 15.4. The summed E-state index contributed by atoms with van der Waals surface area (Å²) in [5.74, 6) is 0.327. The van der Waals surface area contributed by atoms with Crippen molar-refractivity contribution in [3.05, 3.63) is 29.2 Å². The van der Waals surface area contributed by atoms with Gasteiger partial charge in [-0.3, -0.25) is 4.79 Å². The van der Waals surface area contributed by atoms with Crippen LogP contribution in [0.1, 0.15) is 42.6 Å². The van der Waals surface area contributed by atoms with Gasteiger partial charge in [0.15, 0.2) is 11.5 Å². The van der Waals surface area contributed by atoms with E-state index in [-0.39, 0.29) is 11.6 Å². The SMILES string of the molecule is CCNC(=O)c1ccc(-n2nc(CC)c(N)c2CC)nn1. The molecule has 0 bridgehead atoms. The molecule has 0 atom stereocenters. The summed E-state index contributed by atoms with van der Waals surface area (Å²) in [6, 6.07) is 3.36. The van der Waals surface area contributed by atoms with Crippen molar-refractivity contribution in [2.45, 2.75) is 33.6 Å². The lowest BCUT2D eigenvalue weighted by atomic mass is 10.2. The van der Waals surface area contributed by atoms with E-state index in [1.807, 2.05) is 20.8 Å². The predicted octanol–water partition coefficient (Wildman–Crippen LogP) is 1.12. The molecular weight excluding hydrogens is 268 g/mol. The van der Waals surface area contributed by atoms with E-state index in [0.29, 0.717) is 18.1 Å². The van der Waals surface area contributed by atoms with Crippen molar-refractivity contribution in [1.29, 1.82) is 0 Å². The van der Waals surface area contributed by atoms with E-state index in [1.54, 1.807) is 16.8 Å². The number of amides is 1. The first-order valence-corrected chi connectivity index (χ1v) is 7.10. The minimum atomic E-state index is -0.235. The molecule has 7 nitrogen and oxygen atoms in total. The van der Waals surface area contributed by atoms with Crippen LogP contribution in [0.2, 0.25) is 0 Å². The van der Waals surface area contributed by atoms with E-state index >= 15 is 0 Å². The number of nitrogen functional groups attached to an aromatic ring is 1. The van der Waals surface area contributed by atoms with Crippen LogP contribution >= 0.6 is 0 Å². The predicted molar refractivity (Wildman–Crippen MR) is 80.3 cm³/mol. The Labute approximate surface area is 123 Å². The molecule has 0 radical (unpaired) electrons. The standard InChI is InChI=1S/C14H20N6O/c1-4-9-13(15)11(5-2)20(19-9)12-8-7-10(17-18-12)14(21)16-6-3/h7-8H,4-6,15H2,1-3H3,(H,16,21). The maximum absolute atomic E-state index is 11.7. The van der Waals surface area contributed by atoms with E-state index in [0.717, 1.165) is 24.2 Å². The number of aryl methyl sites for hydroxylation is 1. The average Bonchev–Trinajstić information content (AvgIpc) is 2.83. The summed E-state index contributed by atoms with van der Waals surface area (Å²) in [5, 5.41) is 15.2. The van der Waals surface area contributed by atoms with Gasteiger partial charge in [0.25, 0.3) is 5.91 Å². The second-order valence-corrected chi connectivity index (χ2v) is 4.56. The lowest BCUT2D eigenvalue weighted by molar-refractivity contribution is 0.0950. The van der Waals surface area contributed by atoms with Crippen molar-refractivity contribution < 1.29 is 4.79 Å². The number of anilines is 1. The molecule has 0 spiro atoms. The summed E-state index contributed by atoms with van der Waals surface area (Å²) >= 11 is 0. The van der Waals surface area contributed by atoms with Gasteiger partial charge in [0, 0.05) is 6.54 Å². The minimum Gasteiger partial charge on any atom is -0.396 e. The van der Waals surface area contributed by atoms with Crippen LogP contribution in [-0.2, 0) is 12.8 Å². The fourth-order valence-electron chi connectivity index (χ4n) is 2.12. The summed E-state index contributed by atoms with van der Waals surface area (Å²) in [6.07, 6.45) is 1.51. The number of aromatic nitrogens is 4. The third-order valence-electron chi connectivity index (χ3n) is 3.21. The monoisotopic (exact) mass is 288 g/mol. The van der Waals surface area contributed by atoms with Crippen LogP contribution in [0.5, 0.6) is 0 Å². The number of nitrogens with two attached hydrogens (primary N) is 1. The van der Waals surface area contributed by atoms with Crippen molar-refractivity contribution in [2.75, 3.05) is 12.3 Å². The molecular formula is C14H20N6O. The van der Waals surface area contributed by atoms with E-state index < -0.39 is 0 Å². The third kappa shape index (κ3) is 2.86. The Bertz CT molecular complexity index is 632. The minimum absolute atomic E-state index is 0.235. The molecule has 0 fully saturated rings. The van der Waals surface area contributed by atoms with Crippen LogP contribution in [0.3, 0.4) is 0 Å². The van der Waals surface area contributed by atoms with Crippen molar-refractivity contribution in [1.82, 2.24) is 25.3 Å². The molecule has 7 heteroatoms. The Morgan fingerprint density at radius 2 is 2.00 bits per heavy atom. The average molecular weight is 288 g/mol. The molecule has 0 unspecified atom stereocenters. The molecule has 0 aliphatic carbocycles. The van der Waals surface area contributed by atoms with Crippen molar-refractivity contribution >= 4 is 11.6 Å². The largest absolute Gasteiger partial charge is 0.396 e. The van der Waals surface area contributed by atoms with Crippen molar-refractivity contribution in [3.8, 4) is 5.82 Å². The van der Waals surface area contributed by atoms with Gasteiger partial charge < -0.3 is 11.1 Å². The molecule has 0 saturated carbocycles.